The first kappa shape index (κ1) is 12.0. The molecule has 0 radical (unpaired) electrons. The van der Waals surface area contributed by atoms with Gasteiger partial charge in [-0.05, 0) is 13.5 Å². The SMILES string of the molecule is CCNCc1nnc(NCc2nc(C)cs2)o1. The fourth-order valence-electron chi connectivity index (χ4n) is 1.26. The maximum atomic E-state index is 5.40. The topological polar surface area (TPSA) is 75.9 Å². The van der Waals surface area contributed by atoms with E-state index in [2.05, 4.69) is 25.8 Å². The first-order valence-electron chi connectivity index (χ1n) is 5.46. The van der Waals surface area contributed by atoms with Crippen LogP contribution in [0.2, 0.25) is 0 Å². The molecule has 0 spiro atoms. The summed E-state index contributed by atoms with van der Waals surface area (Å²) in [4.78, 5) is 4.34. The summed E-state index contributed by atoms with van der Waals surface area (Å²) in [7, 11) is 0. The molecule has 0 atom stereocenters. The Kier molecular flexibility index (Phi) is 4.05. The molecule has 0 aliphatic rings. The molecular weight excluding hydrogens is 238 g/mol. The van der Waals surface area contributed by atoms with Crippen LogP contribution in [-0.2, 0) is 13.1 Å². The van der Waals surface area contributed by atoms with E-state index in [4.69, 9.17) is 4.42 Å². The molecule has 0 unspecified atom stereocenters. The van der Waals surface area contributed by atoms with E-state index >= 15 is 0 Å². The molecule has 6 nitrogen and oxygen atoms in total. The zero-order valence-electron chi connectivity index (χ0n) is 9.86. The average molecular weight is 253 g/mol. The fourth-order valence-corrected chi connectivity index (χ4v) is 1.98. The Morgan fingerprint density at radius 1 is 1.35 bits per heavy atom. The molecule has 7 heteroatoms. The molecule has 92 valence electrons. The molecule has 0 aromatic carbocycles. The van der Waals surface area contributed by atoms with Crippen LogP contribution in [0.5, 0.6) is 0 Å². The second kappa shape index (κ2) is 5.74. The lowest BCUT2D eigenvalue weighted by molar-refractivity contribution is 0.481. The third kappa shape index (κ3) is 3.50. The van der Waals surface area contributed by atoms with Crippen molar-refractivity contribution in [1.82, 2.24) is 20.5 Å². The normalized spacial score (nSPS) is 10.7. The van der Waals surface area contributed by atoms with Gasteiger partial charge in [-0.15, -0.1) is 16.4 Å². The Bertz CT molecular complexity index is 467. The van der Waals surface area contributed by atoms with Gasteiger partial charge in [-0.3, -0.25) is 0 Å². The van der Waals surface area contributed by atoms with Crippen molar-refractivity contribution < 1.29 is 4.42 Å². The Morgan fingerprint density at radius 3 is 2.94 bits per heavy atom. The summed E-state index contributed by atoms with van der Waals surface area (Å²) >= 11 is 1.61. The Balaban J connectivity index is 1.84. The molecule has 0 saturated carbocycles. The van der Waals surface area contributed by atoms with E-state index in [0.29, 0.717) is 25.0 Å². The lowest BCUT2D eigenvalue weighted by Crippen LogP contribution is -2.11. The van der Waals surface area contributed by atoms with Gasteiger partial charge in [0.05, 0.1) is 13.1 Å². The highest BCUT2D eigenvalue weighted by molar-refractivity contribution is 7.09. The molecule has 0 aliphatic carbocycles. The second-order valence-electron chi connectivity index (χ2n) is 3.52. The van der Waals surface area contributed by atoms with Crippen molar-refractivity contribution in [3.63, 3.8) is 0 Å². The van der Waals surface area contributed by atoms with Gasteiger partial charge in [-0.25, -0.2) is 4.98 Å². The third-order valence-corrected chi connectivity index (χ3v) is 3.02. The van der Waals surface area contributed by atoms with E-state index < -0.39 is 0 Å². The smallest absolute Gasteiger partial charge is 0.315 e. The monoisotopic (exact) mass is 253 g/mol. The first-order valence-corrected chi connectivity index (χ1v) is 6.34. The molecule has 0 saturated heterocycles. The van der Waals surface area contributed by atoms with Crippen molar-refractivity contribution in [3.05, 3.63) is 22.0 Å². The Hall–Kier alpha value is -1.47. The number of thiazole rings is 1. The van der Waals surface area contributed by atoms with Crippen LogP contribution in [0.1, 0.15) is 23.5 Å². The van der Waals surface area contributed by atoms with Gasteiger partial charge in [0.15, 0.2) is 0 Å². The lowest BCUT2D eigenvalue weighted by atomic mass is 10.6. The van der Waals surface area contributed by atoms with Gasteiger partial charge >= 0.3 is 6.01 Å². The van der Waals surface area contributed by atoms with E-state index in [-0.39, 0.29) is 0 Å². The highest BCUT2D eigenvalue weighted by Crippen LogP contribution is 2.11. The molecule has 2 rings (SSSR count). The molecule has 0 aliphatic heterocycles. The van der Waals surface area contributed by atoms with Crippen LogP contribution in [0.4, 0.5) is 6.01 Å². The van der Waals surface area contributed by atoms with Crippen molar-refractivity contribution >= 4 is 17.4 Å². The minimum Gasteiger partial charge on any atom is -0.407 e. The predicted molar refractivity (Wildman–Crippen MR) is 65.9 cm³/mol. The standard InChI is InChI=1S/C10H15N5OS/c1-3-11-4-8-14-15-10(16-8)12-5-9-13-7(2)6-17-9/h6,11H,3-5H2,1-2H3,(H,12,15). The maximum Gasteiger partial charge on any atom is 0.315 e. The number of hydrogen-bond acceptors (Lipinski definition) is 7. The maximum absolute atomic E-state index is 5.40. The minimum atomic E-state index is 0.436. The number of anilines is 1. The molecule has 0 fully saturated rings. The predicted octanol–water partition coefficient (Wildman–Crippen LogP) is 1.56. The fraction of sp³-hybridized carbons (Fsp3) is 0.500. The Morgan fingerprint density at radius 2 is 2.24 bits per heavy atom. The number of nitrogens with one attached hydrogen (secondary N) is 2. The van der Waals surface area contributed by atoms with Crippen molar-refractivity contribution in [2.75, 3.05) is 11.9 Å². The molecule has 2 N–H and O–H groups in total. The average Bonchev–Trinajstić information content (AvgIpc) is 2.93. The van der Waals surface area contributed by atoms with Crippen LogP contribution in [-0.4, -0.2) is 21.7 Å². The summed E-state index contributed by atoms with van der Waals surface area (Å²) in [6.07, 6.45) is 0. The highest BCUT2D eigenvalue weighted by Gasteiger charge is 2.05. The van der Waals surface area contributed by atoms with Crippen LogP contribution >= 0.6 is 11.3 Å². The van der Waals surface area contributed by atoms with Crippen molar-refractivity contribution in [2.45, 2.75) is 26.9 Å². The lowest BCUT2D eigenvalue weighted by Gasteiger charge is -1.97. The number of rotatable bonds is 6. The van der Waals surface area contributed by atoms with E-state index in [9.17, 15) is 0 Å². The van der Waals surface area contributed by atoms with Crippen molar-refractivity contribution in [2.24, 2.45) is 0 Å². The van der Waals surface area contributed by atoms with Gasteiger partial charge in [0.2, 0.25) is 5.89 Å². The zero-order chi connectivity index (χ0) is 12.1. The van der Waals surface area contributed by atoms with Crippen LogP contribution < -0.4 is 10.6 Å². The molecule has 17 heavy (non-hydrogen) atoms. The summed E-state index contributed by atoms with van der Waals surface area (Å²) in [5, 5.41) is 17.0. The summed E-state index contributed by atoms with van der Waals surface area (Å²) in [5.74, 6) is 0.588. The van der Waals surface area contributed by atoms with Crippen molar-refractivity contribution in [1.29, 1.82) is 0 Å². The molecule has 0 amide bonds. The van der Waals surface area contributed by atoms with Gasteiger partial charge in [0.1, 0.15) is 5.01 Å². The van der Waals surface area contributed by atoms with Gasteiger partial charge in [-0.2, -0.15) is 0 Å². The quantitative estimate of drug-likeness (QED) is 0.813. The molecule has 2 aromatic heterocycles. The number of hydrogen-bond donors (Lipinski definition) is 2. The van der Waals surface area contributed by atoms with Gasteiger partial charge in [-0.1, -0.05) is 12.0 Å². The molecular formula is C10H15N5OS. The van der Waals surface area contributed by atoms with Gasteiger partial charge < -0.3 is 15.1 Å². The number of aryl methyl sites for hydroxylation is 1. The van der Waals surface area contributed by atoms with Crippen LogP contribution in [0.25, 0.3) is 0 Å². The first-order chi connectivity index (χ1) is 8.28. The molecule has 2 aromatic rings. The Labute approximate surface area is 103 Å². The molecule has 2 heterocycles. The van der Waals surface area contributed by atoms with Crippen molar-refractivity contribution in [3.8, 4) is 0 Å². The second-order valence-corrected chi connectivity index (χ2v) is 4.46. The zero-order valence-corrected chi connectivity index (χ0v) is 10.7. The summed E-state index contributed by atoms with van der Waals surface area (Å²) < 4.78 is 5.40. The molecule has 0 bridgehead atoms. The van der Waals surface area contributed by atoms with Gasteiger partial charge in [0, 0.05) is 11.1 Å². The largest absolute Gasteiger partial charge is 0.407 e. The van der Waals surface area contributed by atoms with E-state index in [1.165, 1.54) is 0 Å². The number of nitrogens with zero attached hydrogens (tertiary/aromatic N) is 3. The summed E-state index contributed by atoms with van der Waals surface area (Å²) in [6.45, 7) is 6.09. The highest BCUT2D eigenvalue weighted by atomic mass is 32.1. The number of aromatic nitrogens is 3. The van der Waals surface area contributed by atoms with Crippen LogP contribution in [0, 0.1) is 6.92 Å². The van der Waals surface area contributed by atoms with Crippen LogP contribution in [0.15, 0.2) is 9.80 Å². The summed E-state index contributed by atoms with van der Waals surface area (Å²) in [6, 6.07) is 0.436. The van der Waals surface area contributed by atoms with Gasteiger partial charge in [0.25, 0.3) is 0 Å². The van der Waals surface area contributed by atoms with E-state index in [0.717, 1.165) is 17.2 Å². The minimum absolute atomic E-state index is 0.436. The summed E-state index contributed by atoms with van der Waals surface area (Å²) in [5.41, 5.74) is 1.03. The third-order valence-electron chi connectivity index (χ3n) is 2.05. The van der Waals surface area contributed by atoms with E-state index in [1.807, 2.05) is 19.2 Å². The van der Waals surface area contributed by atoms with Crippen LogP contribution in [0.3, 0.4) is 0 Å². The van der Waals surface area contributed by atoms with E-state index in [1.54, 1.807) is 11.3 Å².